The summed E-state index contributed by atoms with van der Waals surface area (Å²) in [5.41, 5.74) is 1.97. The first kappa shape index (κ1) is 23.3. The maximum absolute atomic E-state index is 13.0. The first-order valence-electron chi connectivity index (χ1n) is 10.6. The van der Waals surface area contributed by atoms with Gasteiger partial charge in [0, 0.05) is 19.2 Å². The van der Waals surface area contributed by atoms with Gasteiger partial charge in [0.2, 0.25) is 0 Å². The number of aliphatic hydroxyl groups excluding tert-OH is 1. The van der Waals surface area contributed by atoms with Crippen molar-refractivity contribution in [3.63, 3.8) is 0 Å². The van der Waals surface area contributed by atoms with Crippen LogP contribution in [0.3, 0.4) is 0 Å². The van der Waals surface area contributed by atoms with Gasteiger partial charge in [-0.05, 0) is 54.8 Å². The van der Waals surface area contributed by atoms with Crippen molar-refractivity contribution >= 4 is 17.4 Å². The molecule has 3 rings (SSSR count). The Morgan fingerprint density at radius 1 is 1.03 bits per heavy atom. The van der Waals surface area contributed by atoms with E-state index < -0.39 is 17.7 Å². The van der Waals surface area contributed by atoms with E-state index in [4.69, 9.17) is 14.2 Å². The number of benzene rings is 2. The van der Waals surface area contributed by atoms with Crippen LogP contribution in [0.4, 0.5) is 0 Å². The first-order chi connectivity index (χ1) is 15.4. The van der Waals surface area contributed by atoms with Gasteiger partial charge in [0.15, 0.2) is 0 Å². The monoisotopic (exact) mass is 439 g/mol. The Balaban J connectivity index is 2.10. The summed E-state index contributed by atoms with van der Waals surface area (Å²) in [5, 5.41) is 11.2. The number of aryl methyl sites for hydroxylation is 1. The highest BCUT2D eigenvalue weighted by atomic mass is 16.5. The summed E-state index contributed by atoms with van der Waals surface area (Å²) in [4.78, 5) is 27.3. The lowest BCUT2D eigenvalue weighted by Gasteiger charge is -2.25. The van der Waals surface area contributed by atoms with Crippen LogP contribution >= 0.6 is 0 Å². The number of hydrogen-bond acceptors (Lipinski definition) is 6. The van der Waals surface area contributed by atoms with Crippen molar-refractivity contribution in [3.05, 3.63) is 64.7 Å². The number of rotatable bonds is 9. The molecule has 0 aliphatic carbocycles. The molecule has 1 atom stereocenters. The third-order valence-electron chi connectivity index (χ3n) is 5.43. The number of ether oxygens (including phenoxy) is 3. The minimum Gasteiger partial charge on any atom is -0.507 e. The number of nitrogens with zero attached hydrogens (tertiary/aromatic N) is 1. The molecular formula is C25H29NO6. The van der Waals surface area contributed by atoms with Crippen LogP contribution in [-0.2, 0) is 14.3 Å². The minimum atomic E-state index is -0.730. The van der Waals surface area contributed by atoms with E-state index in [1.54, 1.807) is 37.4 Å². The van der Waals surface area contributed by atoms with E-state index in [1.165, 1.54) is 12.0 Å². The van der Waals surface area contributed by atoms with E-state index in [0.29, 0.717) is 29.2 Å². The summed E-state index contributed by atoms with van der Waals surface area (Å²) in [6, 6.07) is 11.7. The number of Topliss-reactive ketones (excluding diaryl/α,β-unsaturated/α-hetero) is 1. The Kier molecular flexibility index (Phi) is 7.53. The van der Waals surface area contributed by atoms with Crippen LogP contribution in [0.5, 0.6) is 11.5 Å². The summed E-state index contributed by atoms with van der Waals surface area (Å²) in [7, 11) is 3.09. The average molecular weight is 440 g/mol. The van der Waals surface area contributed by atoms with Crippen LogP contribution in [0.25, 0.3) is 5.76 Å². The lowest BCUT2D eigenvalue weighted by molar-refractivity contribution is -0.140. The first-order valence-corrected chi connectivity index (χ1v) is 10.6. The molecule has 1 fully saturated rings. The van der Waals surface area contributed by atoms with E-state index in [0.717, 1.165) is 12.0 Å². The molecule has 1 N–H and O–H groups in total. The summed E-state index contributed by atoms with van der Waals surface area (Å²) < 4.78 is 16.0. The number of likely N-dealkylation sites (tertiary alicyclic amines) is 1. The smallest absolute Gasteiger partial charge is 0.295 e. The van der Waals surface area contributed by atoms with E-state index in [1.807, 2.05) is 26.0 Å². The van der Waals surface area contributed by atoms with Gasteiger partial charge < -0.3 is 24.2 Å². The quantitative estimate of drug-likeness (QED) is 0.363. The molecule has 1 heterocycles. The van der Waals surface area contributed by atoms with Gasteiger partial charge in [0.05, 0.1) is 31.9 Å². The number of aliphatic hydroxyl groups is 1. The van der Waals surface area contributed by atoms with Crippen molar-refractivity contribution in [3.8, 4) is 11.5 Å². The lowest BCUT2D eigenvalue weighted by Crippen LogP contribution is -2.32. The topological polar surface area (TPSA) is 85.3 Å². The Labute approximate surface area is 188 Å². The fourth-order valence-electron chi connectivity index (χ4n) is 3.79. The van der Waals surface area contributed by atoms with Gasteiger partial charge in [-0.15, -0.1) is 0 Å². The molecule has 32 heavy (non-hydrogen) atoms. The molecule has 0 bridgehead atoms. The predicted molar refractivity (Wildman–Crippen MR) is 121 cm³/mol. The standard InChI is InChI=1S/C25H29NO6/c1-5-13-32-18-8-6-17(7-9-18)22-21(24(28)25(29)26(22)12-14-30-3)23(27)20-11-10-19(31-4)15-16(20)2/h6-11,15,22,27H,5,12-14H2,1-4H3/b23-21-. The zero-order valence-electron chi connectivity index (χ0n) is 18.9. The molecule has 0 radical (unpaired) electrons. The minimum absolute atomic E-state index is 0.0570. The number of hydrogen-bond donors (Lipinski definition) is 1. The predicted octanol–water partition coefficient (Wildman–Crippen LogP) is 3.86. The van der Waals surface area contributed by atoms with E-state index >= 15 is 0 Å². The second-order valence-electron chi connectivity index (χ2n) is 7.58. The third kappa shape index (κ3) is 4.62. The normalized spacial score (nSPS) is 17.6. The Hall–Kier alpha value is -3.32. The van der Waals surface area contributed by atoms with E-state index in [9.17, 15) is 14.7 Å². The summed E-state index contributed by atoms with van der Waals surface area (Å²) in [6.45, 7) is 4.93. The highest BCUT2D eigenvalue weighted by Crippen LogP contribution is 2.40. The molecule has 1 aliphatic rings. The summed E-state index contributed by atoms with van der Waals surface area (Å²) >= 11 is 0. The highest BCUT2D eigenvalue weighted by Gasteiger charge is 2.46. The molecule has 7 heteroatoms. The van der Waals surface area contributed by atoms with Gasteiger partial charge in [-0.2, -0.15) is 0 Å². The van der Waals surface area contributed by atoms with Crippen molar-refractivity contribution < 1.29 is 28.9 Å². The number of amides is 1. The van der Waals surface area contributed by atoms with Crippen LogP contribution in [0, 0.1) is 6.92 Å². The van der Waals surface area contributed by atoms with Gasteiger partial charge in [0.25, 0.3) is 11.7 Å². The fraction of sp³-hybridized carbons (Fsp3) is 0.360. The molecule has 2 aromatic carbocycles. The molecule has 0 spiro atoms. The third-order valence-corrected chi connectivity index (χ3v) is 5.43. The molecule has 170 valence electrons. The van der Waals surface area contributed by atoms with Crippen LogP contribution in [0.2, 0.25) is 0 Å². The van der Waals surface area contributed by atoms with Crippen molar-refractivity contribution in [2.45, 2.75) is 26.3 Å². The van der Waals surface area contributed by atoms with Crippen LogP contribution < -0.4 is 9.47 Å². The molecule has 1 saturated heterocycles. The van der Waals surface area contributed by atoms with Crippen molar-refractivity contribution in [1.29, 1.82) is 0 Å². The van der Waals surface area contributed by atoms with Crippen LogP contribution in [0.1, 0.15) is 36.1 Å². The number of methoxy groups -OCH3 is 2. The highest BCUT2D eigenvalue weighted by molar-refractivity contribution is 6.46. The van der Waals surface area contributed by atoms with Gasteiger partial charge in [-0.1, -0.05) is 19.1 Å². The zero-order valence-corrected chi connectivity index (χ0v) is 18.9. The van der Waals surface area contributed by atoms with Gasteiger partial charge in [-0.3, -0.25) is 9.59 Å². The zero-order chi connectivity index (χ0) is 23.3. The largest absolute Gasteiger partial charge is 0.507 e. The lowest BCUT2D eigenvalue weighted by atomic mass is 9.94. The second-order valence-corrected chi connectivity index (χ2v) is 7.58. The molecule has 1 amide bonds. The van der Waals surface area contributed by atoms with Crippen molar-refractivity contribution in [2.24, 2.45) is 0 Å². The Bertz CT molecular complexity index is 1010. The maximum Gasteiger partial charge on any atom is 0.295 e. The van der Waals surface area contributed by atoms with Gasteiger partial charge >= 0.3 is 0 Å². The van der Waals surface area contributed by atoms with Crippen molar-refractivity contribution in [2.75, 3.05) is 34.0 Å². The number of carbonyl (C=O) groups is 2. The van der Waals surface area contributed by atoms with Crippen LogP contribution in [-0.4, -0.2) is 55.7 Å². The van der Waals surface area contributed by atoms with E-state index in [-0.39, 0.29) is 24.5 Å². The average Bonchev–Trinajstić information content (AvgIpc) is 3.06. The molecule has 1 aliphatic heterocycles. The molecular weight excluding hydrogens is 410 g/mol. The second kappa shape index (κ2) is 10.3. The van der Waals surface area contributed by atoms with E-state index in [2.05, 4.69) is 0 Å². The summed E-state index contributed by atoms with van der Waals surface area (Å²) in [5.74, 6) is -0.245. The summed E-state index contributed by atoms with van der Waals surface area (Å²) in [6.07, 6.45) is 0.889. The fourth-order valence-corrected chi connectivity index (χ4v) is 3.79. The SMILES string of the molecule is CCCOc1ccc(C2/C(=C(/O)c3ccc(OC)cc3C)C(=O)C(=O)N2CCOC)cc1. The Morgan fingerprint density at radius 2 is 1.72 bits per heavy atom. The number of carbonyl (C=O) groups excluding carboxylic acids is 2. The molecule has 1 unspecified atom stereocenters. The molecule has 0 saturated carbocycles. The molecule has 2 aromatic rings. The van der Waals surface area contributed by atoms with Crippen LogP contribution in [0.15, 0.2) is 48.0 Å². The van der Waals surface area contributed by atoms with Crippen molar-refractivity contribution in [1.82, 2.24) is 4.90 Å². The maximum atomic E-state index is 13.0. The Morgan fingerprint density at radius 3 is 2.31 bits per heavy atom. The molecule has 7 nitrogen and oxygen atoms in total. The van der Waals surface area contributed by atoms with Gasteiger partial charge in [-0.25, -0.2) is 0 Å². The van der Waals surface area contributed by atoms with Gasteiger partial charge in [0.1, 0.15) is 17.3 Å². The number of ketones is 1. The molecule has 0 aromatic heterocycles.